The highest BCUT2D eigenvalue weighted by Gasteiger charge is 2.53. The number of carbonyl (C=O) groups is 2. The third-order valence-electron chi connectivity index (χ3n) is 8.02. The molecule has 26 heavy (non-hydrogen) atoms. The fraction of sp³-hybridized carbons (Fsp3) is 0.905. The summed E-state index contributed by atoms with van der Waals surface area (Å²) in [6.07, 6.45) is 9.99. The van der Waals surface area contributed by atoms with Crippen molar-refractivity contribution in [2.75, 3.05) is 26.7 Å². The van der Waals surface area contributed by atoms with Gasteiger partial charge in [-0.1, -0.05) is 0 Å². The molecule has 1 heterocycles. The van der Waals surface area contributed by atoms with E-state index in [0.29, 0.717) is 18.0 Å². The largest absolute Gasteiger partial charge is 0.469 e. The van der Waals surface area contributed by atoms with Gasteiger partial charge in [-0.15, -0.1) is 0 Å². The van der Waals surface area contributed by atoms with Gasteiger partial charge in [0.2, 0.25) is 0 Å². The molecule has 5 nitrogen and oxygen atoms in total. The van der Waals surface area contributed by atoms with Crippen LogP contribution in [-0.2, 0) is 14.3 Å². The Morgan fingerprint density at radius 1 is 1.08 bits per heavy atom. The molecule has 4 aliphatic carbocycles. The second-order valence-electron chi connectivity index (χ2n) is 9.79. The van der Waals surface area contributed by atoms with E-state index in [2.05, 4.69) is 12.2 Å². The van der Waals surface area contributed by atoms with Gasteiger partial charge in [0.05, 0.1) is 26.1 Å². The highest BCUT2D eigenvalue weighted by molar-refractivity contribution is 5.77. The van der Waals surface area contributed by atoms with Crippen LogP contribution in [0.25, 0.3) is 0 Å². The number of carbonyl (C=O) groups excluding carboxylic acids is 2. The van der Waals surface area contributed by atoms with Gasteiger partial charge in [0.15, 0.2) is 6.54 Å². The first-order chi connectivity index (χ1) is 12.5. The Labute approximate surface area is 157 Å². The van der Waals surface area contributed by atoms with Crippen LogP contribution >= 0.6 is 0 Å². The average molecular weight is 364 g/mol. The summed E-state index contributed by atoms with van der Waals surface area (Å²) in [5.41, 5.74) is 0.373. The molecule has 0 aromatic carbocycles. The Hall–Kier alpha value is -1.10. The van der Waals surface area contributed by atoms with Crippen LogP contribution in [0.3, 0.4) is 0 Å². The molecule has 5 aliphatic rings. The van der Waals surface area contributed by atoms with Gasteiger partial charge in [-0.2, -0.15) is 0 Å². The third-order valence-corrected chi connectivity index (χ3v) is 8.02. The quantitative estimate of drug-likeness (QED) is 0.721. The molecule has 5 rings (SSSR count). The molecule has 4 saturated carbocycles. The lowest BCUT2D eigenvalue weighted by atomic mass is 9.48. The molecular formula is C21H35N2O3+. The second kappa shape index (κ2) is 7.14. The fourth-order valence-electron chi connectivity index (χ4n) is 6.99. The molecule has 1 amide bonds. The number of piperidine rings is 1. The van der Waals surface area contributed by atoms with E-state index in [1.165, 1.54) is 50.5 Å². The maximum absolute atomic E-state index is 12.7. The van der Waals surface area contributed by atoms with Crippen molar-refractivity contribution < 1.29 is 19.2 Å². The van der Waals surface area contributed by atoms with Crippen molar-refractivity contribution in [1.82, 2.24) is 5.32 Å². The van der Waals surface area contributed by atoms with Crippen LogP contribution in [0.4, 0.5) is 0 Å². The molecule has 146 valence electrons. The van der Waals surface area contributed by atoms with Crippen molar-refractivity contribution in [3.8, 4) is 0 Å². The number of ether oxygens (including phenoxy) is 1. The van der Waals surface area contributed by atoms with E-state index in [9.17, 15) is 9.59 Å². The standard InChI is InChI=1S/C21H34N2O3/c1-14(21-10-15-7-16(11-21)9-17(8-15)12-21)22-19(24)13-23-5-3-18(4-6-23)20(25)26-2/h14-18H,3-13H2,1-2H3,(H,22,24)/p+1/t14-,15?,16?,17?,21?/m1/s1. The predicted molar refractivity (Wildman–Crippen MR) is 98.5 cm³/mol. The zero-order chi connectivity index (χ0) is 18.3. The van der Waals surface area contributed by atoms with Gasteiger partial charge in [0.25, 0.3) is 5.91 Å². The molecule has 4 bridgehead atoms. The monoisotopic (exact) mass is 363 g/mol. The van der Waals surface area contributed by atoms with E-state index in [1.54, 1.807) is 0 Å². The number of quaternary nitrogens is 1. The van der Waals surface area contributed by atoms with Crippen molar-refractivity contribution in [3.63, 3.8) is 0 Å². The third kappa shape index (κ3) is 3.51. The molecule has 0 aromatic rings. The number of nitrogens with one attached hydrogen (secondary N) is 2. The maximum Gasteiger partial charge on any atom is 0.309 e. The van der Waals surface area contributed by atoms with E-state index in [4.69, 9.17) is 4.74 Å². The predicted octanol–water partition coefficient (Wildman–Crippen LogP) is 1.18. The smallest absolute Gasteiger partial charge is 0.309 e. The first kappa shape index (κ1) is 18.3. The summed E-state index contributed by atoms with van der Waals surface area (Å²) < 4.78 is 4.85. The summed E-state index contributed by atoms with van der Waals surface area (Å²) in [5.74, 6) is 2.89. The molecule has 1 aliphatic heterocycles. The normalized spacial score (nSPS) is 42.3. The first-order valence-electron chi connectivity index (χ1n) is 10.7. The summed E-state index contributed by atoms with van der Waals surface area (Å²) in [7, 11) is 1.46. The molecule has 1 saturated heterocycles. The van der Waals surface area contributed by atoms with Gasteiger partial charge in [0.1, 0.15) is 0 Å². The zero-order valence-corrected chi connectivity index (χ0v) is 16.4. The SMILES string of the molecule is COC(=O)C1CC[NH+](CC(=O)N[C@H](C)C23CC4CC(CC(C4)C2)C3)CC1. The fourth-order valence-corrected chi connectivity index (χ4v) is 6.99. The van der Waals surface area contributed by atoms with Gasteiger partial charge < -0.3 is 15.0 Å². The Morgan fingerprint density at radius 2 is 1.62 bits per heavy atom. The molecule has 5 heteroatoms. The number of hydrogen-bond acceptors (Lipinski definition) is 3. The van der Waals surface area contributed by atoms with Crippen LogP contribution < -0.4 is 10.2 Å². The van der Waals surface area contributed by atoms with E-state index < -0.39 is 0 Å². The minimum Gasteiger partial charge on any atom is -0.469 e. The van der Waals surface area contributed by atoms with Crippen molar-refractivity contribution in [2.45, 2.75) is 64.3 Å². The van der Waals surface area contributed by atoms with Crippen LogP contribution in [0.15, 0.2) is 0 Å². The first-order valence-corrected chi connectivity index (χ1v) is 10.7. The summed E-state index contributed by atoms with van der Waals surface area (Å²) in [6, 6.07) is 0.301. The minimum absolute atomic E-state index is 0.0257. The minimum atomic E-state index is -0.0936. The Bertz CT molecular complexity index is 518. The number of esters is 1. The molecule has 5 fully saturated rings. The number of methoxy groups -OCH3 is 1. The Balaban J connectivity index is 1.27. The second-order valence-corrected chi connectivity index (χ2v) is 9.79. The molecular weight excluding hydrogens is 328 g/mol. The number of likely N-dealkylation sites (tertiary alicyclic amines) is 1. The van der Waals surface area contributed by atoms with Gasteiger partial charge in [0, 0.05) is 18.9 Å². The molecule has 0 radical (unpaired) electrons. The molecule has 0 aromatic heterocycles. The van der Waals surface area contributed by atoms with Gasteiger partial charge in [-0.05, 0) is 68.6 Å². The van der Waals surface area contributed by atoms with E-state index in [1.807, 2.05) is 0 Å². The molecule has 2 N–H and O–H groups in total. The number of rotatable bonds is 5. The van der Waals surface area contributed by atoms with Crippen LogP contribution in [-0.4, -0.2) is 44.7 Å². The Morgan fingerprint density at radius 3 is 2.12 bits per heavy atom. The van der Waals surface area contributed by atoms with Gasteiger partial charge >= 0.3 is 5.97 Å². The van der Waals surface area contributed by atoms with Crippen molar-refractivity contribution in [1.29, 1.82) is 0 Å². The lowest BCUT2D eigenvalue weighted by molar-refractivity contribution is -0.897. The molecule has 0 spiro atoms. The zero-order valence-electron chi connectivity index (χ0n) is 16.4. The highest BCUT2D eigenvalue weighted by atomic mass is 16.5. The lowest BCUT2D eigenvalue weighted by Gasteiger charge is -2.59. The highest BCUT2D eigenvalue weighted by Crippen LogP contribution is 2.61. The van der Waals surface area contributed by atoms with E-state index >= 15 is 0 Å². The Kier molecular flexibility index (Phi) is 5.02. The van der Waals surface area contributed by atoms with Crippen LogP contribution in [0.1, 0.15) is 58.3 Å². The average Bonchev–Trinajstić information content (AvgIpc) is 2.60. The van der Waals surface area contributed by atoms with Crippen molar-refractivity contribution >= 4 is 11.9 Å². The summed E-state index contributed by atoms with van der Waals surface area (Å²) in [6.45, 7) is 4.58. The van der Waals surface area contributed by atoms with E-state index in [0.717, 1.165) is 43.7 Å². The van der Waals surface area contributed by atoms with Crippen LogP contribution in [0, 0.1) is 29.1 Å². The molecule has 0 unspecified atom stereocenters. The van der Waals surface area contributed by atoms with Gasteiger partial charge in [-0.3, -0.25) is 9.59 Å². The van der Waals surface area contributed by atoms with Crippen molar-refractivity contribution in [3.05, 3.63) is 0 Å². The summed E-state index contributed by atoms with van der Waals surface area (Å²) >= 11 is 0. The lowest BCUT2D eigenvalue weighted by Crippen LogP contribution is -3.14. The molecule has 1 atom stereocenters. The van der Waals surface area contributed by atoms with Crippen LogP contribution in [0.2, 0.25) is 0 Å². The summed E-state index contributed by atoms with van der Waals surface area (Å²) in [4.78, 5) is 25.6. The summed E-state index contributed by atoms with van der Waals surface area (Å²) in [5, 5.41) is 3.38. The maximum atomic E-state index is 12.7. The van der Waals surface area contributed by atoms with Gasteiger partial charge in [-0.25, -0.2) is 0 Å². The number of hydrogen-bond donors (Lipinski definition) is 2. The van der Waals surface area contributed by atoms with Crippen molar-refractivity contribution in [2.24, 2.45) is 29.1 Å². The number of amides is 1. The van der Waals surface area contributed by atoms with E-state index in [-0.39, 0.29) is 17.8 Å². The topological polar surface area (TPSA) is 59.8 Å². The van der Waals surface area contributed by atoms with Crippen LogP contribution in [0.5, 0.6) is 0 Å².